The summed E-state index contributed by atoms with van der Waals surface area (Å²) in [6, 6.07) is 15.6. The number of rotatable bonds is 7. The van der Waals surface area contributed by atoms with E-state index in [1.165, 1.54) is 6.33 Å². The summed E-state index contributed by atoms with van der Waals surface area (Å²) in [6.45, 7) is 3.15. The van der Waals surface area contributed by atoms with E-state index in [-0.39, 0.29) is 16.8 Å². The van der Waals surface area contributed by atoms with Gasteiger partial charge < -0.3 is 4.90 Å². The molecule has 1 saturated heterocycles. The van der Waals surface area contributed by atoms with E-state index in [1.807, 2.05) is 36.1 Å². The van der Waals surface area contributed by atoms with E-state index in [2.05, 4.69) is 14.8 Å². The number of piperidine rings is 1. The summed E-state index contributed by atoms with van der Waals surface area (Å²) in [6.07, 6.45) is 4.05. The number of hydrogen-bond donors (Lipinski definition) is 1. The number of hydrazine groups is 1. The van der Waals surface area contributed by atoms with Crippen LogP contribution in [0.3, 0.4) is 0 Å². The molecule has 0 bridgehead atoms. The Labute approximate surface area is 188 Å². The number of para-hydroxylation sites is 1. The fourth-order valence-electron chi connectivity index (χ4n) is 4.00. The van der Waals surface area contributed by atoms with Crippen LogP contribution in [0.25, 0.3) is 10.9 Å². The highest BCUT2D eigenvalue weighted by atomic mass is 32.2. The molecule has 0 radical (unpaired) electrons. The molecule has 0 atom stereocenters. The van der Waals surface area contributed by atoms with Crippen molar-refractivity contribution in [1.82, 2.24) is 19.7 Å². The highest BCUT2D eigenvalue weighted by Gasteiger charge is 2.31. The van der Waals surface area contributed by atoms with Crippen molar-refractivity contribution in [2.45, 2.75) is 43.5 Å². The summed E-state index contributed by atoms with van der Waals surface area (Å²) >= 11 is 0. The second kappa shape index (κ2) is 9.62. The normalized spacial score (nSPS) is 15.1. The zero-order valence-electron chi connectivity index (χ0n) is 18.0. The van der Waals surface area contributed by atoms with E-state index < -0.39 is 10.0 Å². The molecule has 168 valence electrons. The van der Waals surface area contributed by atoms with Crippen LogP contribution < -0.4 is 9.84 Å². The van der Waals surface area contributed by atoms with Crippen LogP contribution in [0, 0.1) is 0 Å². The first-order chi connectivity index (χ1) is 15.5. The predicted molar refractivity (Wildman–Crippen MR) is 123 cm³/mol. The number of sulfonamides is 1. The van der Waals surface area contributed by atoms with Gasteiger partial charge in [0.25, 0.3) is 10.0 Å². The molecule has 1 aromatic heterocycles. The van der Waals surface area contributed by atoms with Gasteiger partial charge in [0.2, 0.25) is 5.91 Å². The van der Waals surface area contributed by atoms with Gasteiger partial charge in [-0.15, -0.1) is 4.83 Å². The monoisotopic (exact) mass is 453 g/mol. The zero-order chi connectivity index (χ0) is 22.6. The third-order valence-corrected chi connectivity index (χ3v) is 7.00. The van der Waals surface area contributed by atoms with Gasteiger partial charge in [0.15, 0.2) is 5.82 Å². The number of likely N-dealkylation sites (tertiary alicyclic amines) is 1. The highest BCUT2D eigenvalue weighted by Crippen LogP contribution is 2.28. The van der Waals surface area contributed by atoms with Crippen molar-refractivity contribution in [3.63, 3.8) is 0 Å². The van der Waals surface area contributed by atoms with Gasteiger partial charge in [-0.25, -0.2) is 18.4 Å². The molecule has 0 aliphatic carbocycles. The van der Waals surface area contributed by atoms with Crippen LogP contribution in [0.4, 0.5) is 5.82 Å². The molecule has 0 spiro atoms. The number of carbonyl (C=O) groups excluding carboxylic acids is 1. The molecule has 4 rings (SSSR count). The SMILES string of the molecule is CCCC(=O)N1CCC(N(NS(=O)(=O)c2ccccc2)c2ncnc3ccccc23)CC1. The Hall–Kier alpha value is -3.04. The first kappa shape index (κ1) is 22.2. The fourth-order valence-corrected chi connectivity index (χ4v) is 5.12. The minimum absolute atomic E-state index is 0.148. The molecule has 9 heteroatoms. The summed E-state index contributed by atoms with van der Waals surface area (Å²) in [7, 11) is -3.83. The van der Waals surface area contributed by atoms with Crippen molar-refractivity contribution >= 4 is 32.7 Å². The highest BCUT2D eigenvalue weighted by molar-refractivity contribution is 7.89. The van der Waals surface area contributed by atoms with Gasteiger partial charge in [-0.1, -0.05) is 37.3 Å². The van der Waals surface area contributed by atoms with Gasteiger partial charge in [-0.2, -0.15) is 0 Å². The fraction of sp³-hybridized carbons (Fsp3) is 0.348. The van der Waals surface area contributed by atoms with Gasteiger partial charge in [0.05, 0.1) is 16.5 Å². The Morgan fingerprint density at radius 1 is 1.06 bits per heavy atom. The van der Waals surface area contributed by atoms with Crippen LogP contribution in [-0.4, -0.2) is 48.3 Å². The van der Waals surface area contributed by atoms with Gasteiger partial charge in [-0.05, 0) is 43.5 Å². The average Bonchev–Trinajstić information content (AvgIpc) is 2.83. The lowest BCUT2D eigenvalue weighted by Crippen LogP contribution is -2.54. The molecule has 8 nitrogen and oxygen atoms in total. The van der Waals surface area contributed by atoms with Crippen molar-refractivity contribution in [3.8, 4) is 0 Å². The Bertz CT molecular complexity index is 1170. The quantitative estimate of drug-likeness (QED) is 0.552. The Kier molecular flexibility index (Phi) is 6.66. The zero-order valence-corrected chi connectivity index (χ0v) is 18.8. The Morgan fingerprint density at radius 2 is 1.75 bits per heavy atom. The van der Waals surface area contributed by atoms with E-state index in [9.17, 15) is 13.2 Å². The predicted octanol–water partition coefficient (Wildman–Crippen LogP) is 3.12. The summed E-state index contributed by atoms with van der Waals surface area (Å²) in [5.41, 5.74) is 0.733. The largest absolute Gasteiger partial charge is 0.343 e. The molecule has 0 unspecified atom stereocenters. The van der Waals surface area contributed by atoms with Crippen LogP contribution in [0.1, 0.15) is 32.6 Å². The standard InChI is InChI=1S/C23H27N5O3S/c1-2-8-22(29)27-15-13-18(14-16-27)28(26-32(30,31)19-9-4-3-5-10-19)23-20-11-6-7-12-21(20)24-17-25-23/h3-7,9-12,17-18,26H,2,8,13-16H2,1H3. The van der Waals surface area contributed by atoms with E-state index in [0.29, 0.717) is 38.2 Å². The topological polar surface area (TPSA) is 95.5 Å². The number of amides is 1. The molecule has 1 aliphatic heterocycles. The van der Waals surface area contributed by atoms with Crippen molar-refractivity contribution < 1.29 is 13.2 Å². The average molecular weight is 454 g/mol. The molecule has 3 aromatic rings. The molecule has 1 N–H and O–H groups in total. The summed E-state index contributed by atoms with van der Waals surface area (Å²) in [5, 5.41) is 2.41. The molecule has 2 heterocycles. The lowest BCUT2D eigenvalue weighted by atomic mass is 10.0. The minimum atomic E-state index is -3.83. The maximum absolute atomic E-state index is 13.2. The molecule has 32 heavy (non-hydrogen) atoms. The maximum Gasteiger partial charge on any atom is 0.257 e. The van der Waals surface area contributed by atoms with Gasteiger partial charge in [-0.3, -0.25) is 9.80 Å². The van der Waals surface area contributed by atoms with Crippen molar-refractivity contribution in [3.05, 3.63) is 60.9 Å². The first-order valence-electron chi connectivity index (χ1n) is 10.8. The molecule has 1 amide bonds. The van der Waals surface area contributed by atoms with Gasteiger partial charge >= 0.3 is 0 Å². The number of carbonyl (C=O) groups is 1. The third kappa shape index (κ3) is 4.73. The van der Waals surface area contributed by atoms with Crippen LogP contribution in [-0.2, 0) is 14.8 Å². The van der Waals surface area contributed by atoms with Gasteiger partial charge in [0.1, 0.15) is 6.33 Å². The van der Waals surface area contributed by atoms with E-state index in [0.717, 1.165) is 17.3 Å². The van der Waals surface area contributed by atoms with Crippen molar-refractivity contribution in [2.24, 2.45) is 0 Å². The van der Waals surface area contributed by atoms with Crippen LogP contribution >= 0.6 is 0 Å². The number of aromatic nitrogens is 2. The van der Waals surface area contributed by atoms with Gasteiger partial charge in [0, 0.05) is 24.9 Å². The molecule has 1 fully saturated rings. The third-order valence-electron chi connectivity index (χ3n) is 5.67. The summed E-state index contributed by atoms with van der Waals surface area (Å²) < 4.78 is 26.4. The Balaban J connectivity index is 1.67. The number of anilines is 1. The lowest BCUT2D eigenvalue weighted by Gasteiger charge is -2.39. The second-order valence-electron chi connectivity index (χ2n) is 7.85. The van der Waals surface area contributed by atoms with E-state index >= 15 is 0 Å². The van der Waals surface area contributed by atoms with E-state index in [4.69, 9.17) is 0 Å². The number of hydrogen-bond acceptors (Lipinski definition) is 6. The minimum Gasteiger partial charge on any atom is -0.343 e. The maximum atomic E-state index is 13.2. The lowest BCUT2D eigenvalue weighted by molar-refractivity contribution is -0.132. The number of benzene rings is 2. The van der Waals surface area contributed by atoms with Crippen LogP contribution in [0.5, 0.6) is 0 Å². The number of nitrogens with one attached hydrogen (secondary N) is 1. The molecular formula is C23H27N5O3S. The molecule has 1 aliphatic rings. The van der Waals surface area contributed by atoms with Crippen LogP contribution in [0.15, 0.2) is 65.8 Å². The molecule has 0 saturated carbocycles. The van der Waals surface area contributed by atoms with Crippen molar-refractivity contribution in [1.29, 1.82) is 0 Å². The van der Waals surface area contributed by atoms with Crippen LogP contribution in [0.2, 0.25) is 0 Å². The smallest absolute Gasteiger partial charge is 0.257 e. The first-order valence-corrected chi connectivity index (χ1v) is 12.3. The molecule has 2 aromatic carbocycles. The summed E-state index contributed by atoms with van der Waals surface area (Å²) in [5.74, 6) is 0.656. The number of nitrogens with zero attached hydrogens (tertiary/aromatic N) is 4. The summed E-state index contributed by atoms with van der Waals surface area (Å²) in [4.78, 5) is 25.9. The van der Waals surface area contributed by atoms with Crippen molar-refractivity contribution in [2.75, 3.05) is 18.1 Å². The second-order valence-corrected chi connectivity index (χ2v) is 9.52. The Morgan fingerprint density at radius 3 is 2.47 bits per heavy atom. The number of fused-ring (bicyclic) bond motifs is 1. The molecular weight excluding hydrogens is 426 g/mol. The van der Waals surface area contributed by atoms with E-state index in [1.54, 1.807) is 35.3 Å².